The lowest BCUT2D eigenvalue weighted by Crippen LogP contribution is -2.35. The molecule has 0 spiro atoms. The van der Waals surface area contributed by atoms with Crippen molar-refractivity contribution in [2.45, 2.75) is 26.1 Å². The van der Waals surface area contributed by atoms with Gasteiger partial charge < -0.3 is 13.9 Å². The Bertz CT molecular complexity index is 1780. The maximum atomic E-state index is 13.9. The second-order valence-electron chi connectivity index (χ2n) is 9.00. The maximum Gasteiger partial charge on any atom is 0.453 e. The highest BCUT2D eigenvalue weighted by Gasteiger charge is 2.41. The molecule has 0 atom stereocenters. The van der Waals surface area contributed by atoms with Gasteiger partial charge in [0.2, 0.25) is 11.2 Å². The van der Waals surface area contributed by atoms with Crippen molar-refractivity contribution in [3.63, 3.8) is 0 Å². The highest BCUT2D eigenvalue weighted by atomic mass is 35.5. The van der Waals surface area contributed by atoms with Gasteiger partial charge in [0.1, 0.15) is 17.1 Å². The molecule has 3 aromatic carbocycles. The Hall–Kier alpha value is -4.64. The van der Waals surface area contributed by atoms with Crippen molar-refractivity contribution in [1.82, 2.24) is 4.90 Å². The molecule has 1 aliphatic heterocycles. The quantitative estimate of drug-likeness (QED) is 0.153. The first kappa shape index (κ1) is 26.9. The Kier molecular flexibility index (Phi) is 6.62. The van der Waals surface area contributed by atoms with Gasteiger partial charge in [0, 0.05) is 12.1 Å². The summed E-state index contributed by atoms with van der Waals surface area (Å²) in [6.07, 6.45) is -5.12. The van der Waals surface area contributed by atoms with Crippen LogP contribution in [0.15, 0.2) is 69.9 Å². The second-order valence-corrected chi connectivity index (χ2v) is 9.41. The normalized spacial score (nSPS) is 13.2. The van der Waals surface area contributed by atoms with Crippen molar-refractivity contribution in [2.75, 3.05) is 0 Å². The topological polar surface area (TPSA) is 103 Å². The summed E-state index contributed by atoms with van der Waals surface area (Å²) < 4.78 is 57.1. The average molecular weight is 572 g/mol. The lowest BCUT2D eigenvalue weighted by atomic mass is 10.1. The number of rotatable bonds is 5. The van der Waals surface area contributed by atoms with Crippen molar-refractivity contribution >= 4 is 40.4 Å². The fraction of sp³-hybridized carbons (Fsp3) is 0.143. The van der Waals surface area contributed by atoms with Gasteiger partial charge in [0.25, 0.3) is 17.6 Å². The zero-order valence-electron chi connectivity index (χ0n) is 20.7. The number of ether oxygens (including phenoxy) is 2. The Morgan fingerprint density at radius 2 is 1.65 bits per heavy atom. The number of amides is 2. The van der Waals surface area contributed by atoms with Gasteiger partial charge in [-0.25, -0.2) is 4.79 Å². The van der Waals surface area contributed by atoms with E-state index < -0.39 is 52.5 Å². The van der Waals surface area contributed by atoms with Crippen LogP contribution in [0.4, 0.5) is 13.2 Å². The minimum absolute atomic E-state index is 0.0214. The zero-order chi connectivity index (χ0) is 28.9. The van der Waals surface area contributed by atoms with E-state index in [-0.39, 0.29) is 38.6 Å². The van der Waals surface area contributed by atoms with E-state index in [0.29, 0.717) is 0 Å². The van der Waals surface area contributed by atoms with Gasteiger partial charge in [-0.1, -0.05) is 23.7 Å². The molecule has 0 bridgehead atoms. The predicted octanol–water partition coefficient (Wildman–Crippen LogP) is 6.48. The van der Waals surface area contributed by atoms with E-state index in [1.54, 1.807) is 13.8 Å². The standard InChI is InChI=1S/C28H17ClF3NO7/c1-13(2)33-25(35)16-9-7-14(11-18(16)26(33)36)27(37)38-15-8-10-17-21(12-15)40-24(28(30,31)32)23(22(17)34)39-20-6-4-3-5-19(20)29/h3-13H,1-2H3. The van der Waals surface area contributed by atoms with Crippen LogP contribution in [0.1, 0.15) is 50.7 Å². The number of carbonyl (C=O) groups is 3. The predicted molar refractivity (Wildman–Crippen MR) is 136 cm³/mol. The number of halogens is 4. The summed E-state index contributed by atoms with van der Waals surface area (Å²) >= 11 is 5.97. The first-order chi connectivity index (χ1) is 18.9. The molecule has 5 rings (SSSR count). The summed E-state index contributed by atoms with van der Waals surface area (Å²) in [5.41, 5.74) is -1.55. The Morgan fingerprint density at radius 1 is 0.950 bits per heavy atom. The lowest BCUT2D eigenvalue weighted by molar-refractivity contribution is -0.154. The van der Waals surface area contributed by atoms with E-state index in [1.807, 2.05) is 0 Å². The Morgan fingerprint density at radius 3 is 2.33 bits per heavy atom. The van der Waals surface area contributed by atoms with Crippen molar-refractivity contribution in [3.05, 3.63) is 98.4 Å². The molecule has 1 aromatic heterocycles. The molecule has 4 aromatic rings. The van der Waals surface area contributed by atoms with E-state index in [0.717, 1.165) is 17.0 Å². The summed E-state index contributed by atoms with van der Waals surface area (Å²) in [6.45, 7) is 3.34. The molecule has 2 amide bonds. The third-order valence-corrected chi connectivity index (χ3v) is 6.32. The van der Waals surface area contributed by atoms with Crippen molar-refractivity contribution in [3.8, 4) is 17.2 Å². The molecule has 2 heterocycles. The van der Waals surface area contributed by atoms with Crippen LogP contribution in [0.5, 0.6) is 17.2 Å². The van der Waals surface area contributed by atoms with Gasteiger partial charge in [-0.15, -0.1) is 0 Å². The molecule has 40 heavy (non-hydrogen) atoms. The molecule has 0 N–H and O–H groups in total. The van der Waals surface area contributed by atoms with Gasteiger partial charge in [0.15, 0.2) is 0 Å². The number of imide groups is 1. The third kappa shape index (κ3) is 4.68. The minimum atomic E-state index is -5.12. The molecule has 8 nitrogen and oxygen atoms in total. The molecule has 0 radical (unpaired) electrons. The summed E-state index contributed by atoms with van der Waals surface area (Å²) in [5.74, 6) is -5.24. The zero-order valence-corrected chi connectivity index (χ0v) is 21.4. The number of para-hydroxylation sites is 1. The number of hydrogen-bond acceptors (Lipinski definition) is 7. The molecule has 1 aliphatic rings. The minimum Gasteiger partial charge on any atom is -0.448 e. The van der Waals surface area contributed by atoms with Crippen LogP contribution >= 0.6 is 11.6 Å². The summed E-state index contributed by atoms with van der Waals surface area (Å²) in [7, 11) is 0. The van der Waals surface area contributed by atoms with Gasteiger partial charge in [-0.3, -0.25) is 19.3 Å². The fourth-order valence-electron chi connectivity index (χ4n) is 4.16. The second kappa shape index (κ2) is 9.83. The van der Waals surface area contributed by atoms with Gasteiger partial charge >= 0.3 is 12.1 Å². The van der Waals surface area contributed by atoms with Crippen molar-refractivity contribution < 1.29 is 41.4 Å². The number of hydrogen-bond donors (Lipinski definition) is 0. The highest BCUT2D eigenvalue weighted by molar-refractivity contribution is 6.32. The highest BCUT2D eigenvalue weighted by Crippen LogP contribution is 2.40. The molecule has 12 heteroatoms. The third-order valence-electron chi connectivity index (χ3n) is 6.01. The van der Waals surface area contributed by atoms with Gasteiger partial charge in [-0.05, 0) is 56.3 Å². The Labute approximate surface area is 228 Å². The van der Waals surface area contributed by atoms with Crippen molar-refractivity contribution in [2.24, 2.45) is 0 Å². The monoisotopic (exact) mass is 571 g/mol. The number of benzene rings is 3. The largest absolute Gasteiger partial charge is 0.453 e. The number of esters is 1. The van der Waals surface area contributed by atoms with E-state index in [2.05, 4.69) is 0 Å². The Balaban J connectivity index is 1.49. The van der Waals surface area contributed by atoms with Crippen LogP contribution in [-0.4, -0.2) is 28.7 Å². The molecular weight excluding hydrogens is 555 g/mol. The smallest absolute Gasteiger partial charge is 0.448 e. The SMILES string of the molecule is CC(C)N1C(=O)c2ccc(C(=O)Oc3ccc4c(=O)c(Oc5ccccc5Cl)c(C(F)(F)F)oc4c3)cc2C1=O. The lowest BCUT2D eigenvalue weighted by Gasteiger charge is -2.17. The number of carbonyl (C=O) groups excluding carboxylic acids is 3. The van der Waals surface area contributed by atoms with Crippen LogP contribution < -0.4 is 14.9 Å². The van der Waals surface area contributed by atoms with E-state index >= 15 is 0 Å². The van der Waals surface area contributed by atoms with E-state index in [1.165, 1.54) is 48.5 Å². The first-order valence-electron chi connectivity index (χ1n) is 11.7. The number of fused-ring (bicyclic) bond motifs is 2. The van der Waals surface area contributed by atoms with Crippen molar-refractivity contribution in [1.29, 1.82) is 0 Å². The van der Waals surface area contributed by atoms with Crippen LogP contribution in [0.2, 0.25) is 5.02 Å². The van der Waals surface area contributed by atoms with Crippen LogP contribution in [0, 0.1) is 0 Å². The fourth-order valence-corrected chi connectivity index (χ4v) is 4.33. The summed E-state index contributed by atoms with van der Waals surface area (Å²) in [4.78, 5) is 52.0. The molecule has 0 saturated carbocycles. The van der Waals surface area contributed by atoms with E-state index in [4.69, 9.17) is 25.5 Å². The molecule has 204 valence electrons. The summed E-state index contributed by atoms with van der Waals surface area (Å²) in [6, 6.07) is 12.3. The summed E-state index contributed by atoms with van der Waals surface area (Å²) in [5, 5.41) is -0.294. The molecule has 0 fully saturated rings. The molecule has 0 aliphatic carbocycles. The first-order valence-corrected chi connectivity index (χ1v) is 12.1. The van der Waals surface area contributed by atoms with Crippen LogP contribution in [0.25, 0.3) is 11.0 Å². The average Bonchev–Trinajstić information content (AvgIpc) is 3.15. The molecule has 0 saturated heterocycles. The molecule has 0 unspecified atom stereocenters. The van der Waals surface area contributed by atoms with E-state index in [9.17, 15) is 32.3 Å². The van der Waals surface area contributed by atoms with Crippen LogP contribution in [0.3, 0.4) is 0 Å². The van der Waals surface area contributed by atoms with Gasteiger partial charge in [-0.2, -0.15) is 13.2 Å². The maximum absolute atomic E-state index is 13.9. The van der Waals surface area contributed by atoms with Gasteiger partial charge in [0.05, 0.1) is 27.1 Å². The molecular formula is C28H17ClF3NO7. The number of nitrogens with zero attached hydrogens (tertiary/aromatic N) is 1. The van der Waals surface area contributed by atoms with Crippen LogP contribution in [-0.2, 0) is 6.18 Å². The number of alkyl halides is 3.